The number of fused-ring (bicyclic) bond motifs is 1. The molecule has 0 aromatic heterocycles. The molecule has 0 aliphatic heterocycles. The lowest BCUT2D eigenvalue weighted by molar-refractivity contribution is 0.0658. The molecule has 1 amide bonds. The minimum absolute atomic E-state index is 0.156. The number of benzene rings is 1. The Bertz CT molecular complexity index is 751. The monoisotopic (exact) mass is 351 g/mol. The molecule has 26 heavy (non-hydrogen) atoms. The van der Waals surface area contributed by atoms with Crippen LogP contribution in [0, 0.1) is 29.1 Å². The molecule has 2 fully saturated rings. The van der Waals surface area contributed by atoms with Gasteiger partial charge >= 0.3 is 0 Å². The quantitative estimate of drug-likeness (QED) is 0.661. The van der Waals surface area contributed by atoms with Crippen LogP contribution in [0.15, 0.2) is 18.2 Å². The summed E-state index contributed by atoms with van der Waals surface area (Å²) in [5, 5.41) is 0. The van der Waals surface area contributed by atoms with Crippen molar-refractivity contribution in [2.24, 2.45) is 17.3 Å². The molecular formula is C24H33NO. The van der Waals surface area contributed by atoms with Crippen molar-refractivity contribution < 1.29 is 4.79 Å². The maximum absolute atomic E-state index is 13.6. The highest BCUT2D eigenvalue weighted by atomic mass is 16.2. The fraction of sp³-hybridized carbons (Fsp3) is 0.625. The molecule has 3 rings (SSSR count). The molecular weight excluding hydrogens is 318 g/mol. The van der Waals surface area contributed by atoms with E-state index in [9.17, 15) is 4.79 Å². The van der Waals surface area contributed by atoms with Gasteiger partial charge in [-0.3, -0.25) is 4.79 Å². The zero-order valence-electron chi connectivity index (χ0n) is 17.2. The average molecular weight is 352 g/mol. The molecule has 2 aliphatic rings. The zero-order chi connectivity index (χ0) is 19.1. The highest BCUT2D eigenvalue weighted by Crippen LogP contribution is 2.61. The predicted octanol–water partition coefficient (Wildman–Crippen LogP) is 5.47. The molecule has 0 radical (unpaired) electrons. The van der Waals surface area contributed by atoms with Gasteiger partial charge in [0.15, 0.2) is 0 Å². The van der Waals surface area contributed by atoms with Gasteiger partial charge in [0.1, 0.15) is 0 Å². The van der Waals surface area contributed by atoms with Crippen LogP contribution in [-0.4, -0.2) is 23.9 Å². The largest absolute Gasteiger partial charge is 0.338 e. The van der Waals surface area contributed by atoms with Crippen molar-refractivity contribution in [3.05, 3.63) is 34.9 Å². The van der Waals surface area contributed by atoms with Gasteiger partial charge in [-0.25, -0.2) is 0 Å². The summed E-state index contributed by atoms with van der Waals surface area (Å²) in [5.41, 5.74) is 3.31. The molecule has 0 spiro atoms. The van der Waals surface area contributed by atoms with Gasteiger partial charge in [-0.05, 0) is 48.1 Å². The van der Waals surface area contributed by atoms with Crippen LogP contribution < -0.4 is 0 Å². The summed E-state index contributed by atoms with van der Waals surface area (Å²) in [6.07, 6.45) is 4.98. The van der Waals surface area contributed by atoms with E-state index in [0.29, 0.717) is 29.2 Å². The second-order valence-corrected chi connectivity index (χ2v) is 9.19. The molecule has 1 aromatic carbocycles. The highest BCUT2D eigenvalue weighted by Gasteiger charge is 2.57. The SMILES string of the molecule is CC(C)C#Cc1cccc(C(C)C)c1C(=O)N(C)C1CCC[C@]2(C)CC12. The van der Waals surface area contributed by atoms with Gasteiger partial charge in [-0.2, -0.15) is 0 Å². The number of hydrogen-bond acceptors (Lipinski definition) is 1. The van der Waals surface area contributed by atoms with E-state index in [1.165, 1.54) is 19.3 Å². The Hall–Kier alpha value is -1.75. The predicted molar refractivity (Wildman–Crippen MR) is 108 cm³/mol. The van der Waals surface area contributed by atoms with Crippen molar-refractivity contribution in [3.63, 3.8) is 0 Å². The topological polar surface area (TPSA) is 20.3 Å². The average Bonchev–Trinajstić information content (AvgIpc) is 3.29. The second kappa shape index (κ2) is 7.10. The van der Waals surface area contributed by atoms with Crippen LogP contribution in [-0.2, 0) is 0 Å². The van der Waals surface area contributed by atoms with Crippen molar-refractivity contribution >= 4 is 5.91 Å². The molecule has 0 heterocycles. The summed E-state index contributed by atoms with van der Waals surface area (Å²) in [6, 6.07) is 6.51. The summed E-state index contributed by atoms with van der Waals surface area (Å²) in [4.78, 5) is 15.6. The van der Waals surface area contributed by atoms with Gasteiger partial charge in [0, 0.05) is 24.6 Å². The third-order valence-electron chi connectivity index (χ3n) is 6.38. The van der Waals surface area contributed by atoms with Crippen LogP contribution in [0.1, 0.15) is 87.7 Å². The van der Waals surface area contributed by atoms with E-state index >= 15 is 0 Å². The van der Waals surface area contributed by atoms with Crippen molar-refractivity contribution in [2.75, 3.05) is 7.05 Å². The van der Waals surface area contributed by atoms with Crippen molar-refractivity contribution in [2.45, 2.75) is 72.3 Å². The minimum Gasteiger partial charge on any atom is -0.338 e. The van der Waals surface area contributed by atoms with Crippen LogP contribution in [0.2, 0.25) is 0 Å². The van der Waals surface area contributed by atoms with Gasteiger partial charge in [0.05, 0.1) is 5.56 Å². The molecule has 1 aromatic rings. The first kappa shape index (κ1) is 19.0. The van der Waals surface area contributed by atoms with Crippen LogP contribution in [0.25, 0.3) is 0 Å². The molecule has 2 nitrogen and oxygen atoms in total. The lowest BCUT2D eigenvalue weighted by Gasteiger charge is -2.34. The lowest BCUT2D eigenvalue weighted by Crippen LogP contribution is -2.41. The Morgan fingerprint density at radius 2 is 2.00 bits per heavy atom. The molecule has 2 unspecified atom stereocenters. The van der Waals surface area contributed by atoms with E-state index in [2.05, 4.69) is 52.5 Å². The number of hydrogen-bond donors (Lipinski definition) is 0. The van der Waals surface area contributed by atoms with E-state index < -0.39 is 0 Å². The first-order valence-electron chi connectivity index (χ1n) is 10.2. The highest BCUT2D eigenvalue weighted by molar-refractivity contribution is 5.98. The van der Waals surface area contributed by atoms with Crippen LogP contribution in [0.3, 0.4) is 0 Å². The van der Waals surface area contributed by atoms with E-state index in [4.69, 9.17) is 0 Å². The number of carbonyl (C=O) groups is 1. The molecule has 0 N–H and O–H groups in total. The Kier molecular flexibility index (Phi) is 5.20. The summed E-state index contributed by atoms with van der Waals surface area (Å²) >= 11 is 0. The van der Waals surface area contributed by atoms with Crippen LogP contribution in [0.4, 0.5) is 0 Å². The van der Waals surface area contributed by atoms with Crippen molar-refractivity contribution in [1.29, 1.82) is 0 Å². The Balaban J connectivity index is 1.96. The number of carbonyl (C=O) groups excluding carboxylic acids is 1. The number of rotatable bonds is 3. The Morgan fingerprint density at radius 3 is 2.65 bits per heavy atom. The van der Waals surface area contributed by atoms with Crippen molar-refractivity contribution in [1.82, 2.24) is 4.90 Å². The van der Waals surface area contributed by atoms with E-state index in [1.54, 1.807) is 0 Å². The fourth-order valence-electron chi connectivity index (χ4n) is 4.65. The minimum atomic E-state index is 0.156. The molecule has 0 bridgehead atoms. The summed E-state index contributed by atoms with van der Waals surface area (Å²) in [5.74, 6) is 7.96. The Labute approximate surface area is 159 Å². The smallest absolute Gasteiger partial charge is 0.255 e. The standard InChI is InChI=1S/C24H33NO/c1-16(2)12-13-18-9-7-10-19(17(3)4)22(18)23(26)25(6)21-11-8-14-24(5)15-20(21)24/h7,9-10,16-17,20-21H,8,11,14-15H2,1-6H3/t20?,21?,24-/m1/s1. The molecule has 3 atom stereocenters. The normalized spacial score (nSPS) is 26.9. The number of amides is 1. The molecule has 140 valence electrons. The first-order chi connectivity index (χ1) is 12.2. The molecule has 2 saturated carbocycles. The lowest BCUT2D eigenvalue weighted by atomic mass is 9.85. The van der Waals surface area contributed by atoms with Gasteiger partial charge < -0.3 is 4.90 Å². The van der Waals surface area contributed by atoms with Gasteiger partial charge in [-0.15, -0.1) is 0 Å². The second-order valence-electron chi connectivity index (χ2n) is 9.19. The summed E-state index contributed by atoms with van der Waals surface area (Å²) in [7, 11) is 2.01. The van der Waals surface area contributed by atoms with E-state index in [1.807, 2.05) is 24.1 Å². The third kappa shape index (κ3) is 3.54. The first-order valence-corrected chi connectivity index (χ1v) is 10.2. The van der Waals surface area contributed by atoms with E-state index in [-0.39, 0.29) is 5.91 Å². The third-order valence-corrected chi connectivity index (χ3v) is 6.38. The van der Waals surface area contributed by atoms with E-state index in [0.717, 1.165) is 23.1 Å². The molecule has 2 aliphatic carbocycles. The Morgan fingerprint density at radius 1 is 1.27 bits per heavy atom. The zero-order valence-corrected chi connectivity index (χ0v) is 17.2. The van der Waals surface area contributed by atoms with Crippen LogP contribution in [0.5, 0.6) is 0 Å². The van der Waals surface area contributed by atoms with Crippen molar-refractivity contribution in [3.8, 4) is 11.8 Å². The number of nitrogens with zero attached hydrogens (tertiary/aromatic N) is 1. The molecule has 2 heteroatoms. The summed E-state index contributed by atoms with van der Waals surface area (Å²) in [6.45, 7) is 10.9. The van der Waals surface area contributed by atoms with Gasteiger partial charge in [-0.1, -0.05) is 65.0 Å². The fourth-order valence-corrected chi connectivity index (χ4v) is 4.65. The van der Waals surface area contributed by atoms with Crippen LogP contribution >= 0.6 is 0 Å². The molecule has 0 saturated heterocycles. The van der Waals surface area contributed by atoms with Gasteiger partial charge in [0.25, 0.3) is 5.91 Å². The van der Waals surface area contributed by atoms with Gasteiger partial charge in [0.2, 0.25) is 0 Å². The summed E-state index contributed by atoms with van der Waals surface area (Å²) < 4.78 is 0. The maximum atomic E-state index is 13.6. The maximum Gasteiger partial charge on any atom is 0.255 e.